The van der Waals surface area contributed by atoms with Gasteiger partial charge in [0.1, 0.15) is 0 Å². The van der Waals surface area contributed by atoms with Gasteiger partial charge >= 0.3 is 0 Å². The van der Waals surface area contributed by atoms with Crippen LogP contribution in [0.2, 0.25) is 0 Å². The number of fused-ring (bicyclic) bond motifs is 4. The van der Waals surface area contributed by atoms with Crippen molar-refractivity contribution < 1.29 is 0 Å². The molecule has 0 aromatic heterocycles. The molecule has 9 rings (SSSR count). The molecule has 0 saturated heterocycles. The first kappa shape index (κ1) is 40.6. The van der Waals surface area contributed by atoms with Gasteiger partial charge in [0.05, 0.1) is 5.69 Å². The Balaban J connectivity index is 1.43. The fraction of sp³-hybridized carbons (Fsp3) is 0.276. The van der Waals surface area contributed by atoms with E-state index in [4.69, 9.17) is 0 Å². The molecule has 2 heterocycles. The lowest BCUT2D eigenvalue weighted by molar-refractivity contribution is 0.569. The van der Waals surface area contributed by atoms with Crippen LogP contribution < -0.4 is 26.2 Å². The highest BCUT2D eigenvalue weighted by molar-refractivity contribution is 7.00. The number of nitrogens with zero attached hydrogens (tertiary/aromatic N) is 2. The summed E-state index contributed by atoms with van der Waals surface area (Å²) in [5.41, 5.74) is 21.4. The molecule has 0 amide bonds. The smallest absolute Gasteiger partial charge is 0.252 e. The molecule has 2 aliphatic rings. The van der Waals surface area contributed by atoms with Crippen LogP contribution in [0.5, 0.6) is 0 Å². The summed E-state index contributed by atoms with van der Waals surface area (Å²) in [6.45, 7) is 28.1. The van der Waals surface area contributed by atoms with Crippen LogP contribution in [-0.2, 0) is 21.7 Å². The third-order valence-corrected chi connectivity index (χ3v) is 13.1. The molecule has 2 aliphatic heterocycles. The summed E-state index contributed by atoms with van der Waals surface area (Å²) in [4.78, 5) is 5.24. The SMILES string of the molecule is CC(C)(C)c1cc(N2c3cc(C(C)(C)C)ccc3B3c4ccc(C(C)(C)C)cc4N(c4c(-c5ccccc5)cccc4-c4ccccc4)c4cccc2c43)cc(C(C)(C)C)c1. The van der Waals surface area contributed by atoms with Gasteiger partial charge < -0.3 is 9.80 Å². The highest BCUT2D eigenvalue weighted by atomic mass is 15.2. The summed E-state index contributed by atoms with van der Waals surface area (Å²) in [7, 11) is 0. The molecule has 0 spiro atoms. The summed E-state index contributed by atoms with van der Waals surface area (Å²) in [6, 6.07) is 57.9. The van der Waals surface area contributed by atoms with E-state index in [1.807, 2.05) is 0 Å². The summed E-state index contributed by atoms with van der Waals surface area (Å²) in [6.07, 6.45) is 0. The second kappa shape index (κ2) is 14.4. The lowest BCUT2D eigenvalue weighted by Crippen LogP contribution is -2.61. The number of benzene rings is 7. The van der Waals surface area contributed by atoms with Crippen molar-refractivity contribution in [3.8, 4) is 22.3 Å². The molecule has 0 saturated carbocycles. The largest absolute Gasteiger partial charge is 0.311 e. The van der Waals surface area contributed by atoms with Crippen molar-refractivity contribution in [3.05, 3.63) is 174 Å². The lowest BCUT2D eigenvalue weighted by Gasteiger charge is -2.45. The van der Waals surface area contributed by atoms with Crippen LogP contribution in [0.4, 0.5) is 34.1 Å². The van der Waals surface area contributed by atoms with Crippen LogP contribution in [-0.4, -0.2) is 6.71 Å². The standard InChI is InChI=1S/C58H61BN2/c1-55(2,3)40-29-31-47-51(36-40)60(44-34-42(57(7,8)9)33-43(35-44)58(10,11)12)49-27-20-28-50-53(49)59(47)48-32-30-41(56(4,5)6)37-52(48)61(50)54-45(38-21-15-13-16-22-38)25-19-26-46(54)39-23-17-14-18-24-39/h13-37H,1-12H3. The highest BCUT2D eigenvalue weighted by Gasteiger charge is 2.45. The van der Waals surface area contributed by atoms with Gasteiger partial charge in [-0.15, -0.1) is 0 Å². The topological polar surface area (TPSA) is 6.48 Å². The first-order valence-corrected chi connectivity index (χ1v) is 22.2. The fourth-order valence-electron chi connectivity index (χ4n) is 9.47. The predicted octanol–water partition coefficient (Wildman–Crippen LogP) is 14.3. The van der Waals surface area contributed by atoms with Gasteiger partial charge in [0.25, 0.3) is 6.71 Å². The molecular weight excluding hydrogens is 735 g/mol. The molecule has 0 N–H and O–H groups in total. The Morgan fingerprint density at radius 1 is 0.344 bits per heavy atom. The number of para-hydroxylation sites is 1. The van der Waals surface area contributed by atoms with E-state index >= 15 is 0 Å². The molecule has 7 aromatic carbocycles. The Kier molecular flexibility index (Phi) is 9.59. The molecule has 3 heteroatoms. The maximum Gasteiger partial charge on any atom is 0.252 e. The van der Waals surface area contributed by atoms with Gasteiger partial charge in [0, 0.05) is 39.6 Å². The first-order valence-electron chi connectivity index (χ1n) is 22.2. The average molecular weight is 797 g/mol. The monoisotopic (exact) mass is 796 g/mol. The van der Waals surface area contributed by atoms with Crippen molar-refractivity contribution in [1.29, 1.82) is 0 Å². The zero-order chi connectivity index (χ0) is 43.2. The van der Waals surface area contributed by atoms with Crippen LogP contribution in [0.15, 0.2) is 152 Å². The van der Waals surface area contributed by atoms with Crippen molar-refractivity contribution >= 4 is 57.2 Å². The van der Waals surface area contributed by atoms with Crippen molar-refractivity contribution in [3.63, 3.8) is 0 Å². The molecule has 0 unspecified atom stereocenters. The Morgan fingerprint density at radius 2 is 0.754 bits per heavy atom. The molecule has 0 atom stereocenters. The third kappa shape index (κ3) is 7.10. The van der Waals surface area contributed by atoms with E-state index in [0.29, 0.717) is 0 Å². The molecular formula is C58H61BN2. The maximum atomic E-state index is 2.63. The van der Waals surface area contributed by atoms with E-state index in [2.05, 4.69) is 245 Å². The Labute approximate surface area is 366 Å². The summed E-state index contributed by atoms with van der Waals surface area (Å²) >= 11 is 0. The van der Waals surface area contributed by atoms with Crippen LogP contribution in [0.25, 0.3) is 22.3 Å². The van der Waals surface area contributed by atoms with Crippen LogP contribution in [0, 0.1) is 0 Å². The van der Waals surface area contributed by atoms with Gasteiger partial charge in [0.2, 0.25) is 0 Å². The summed E-state index contributed by atoms with van der Waals surface area (Å²) in [5, 5.41) is 0. The van der Waals surface area contributed by atoms with Gasteiger partial charge in [-0.25, -0.2) is 0 Å². The van der Waals surface area contributed by atoms with E-state index in [0.717, 1.165) is 0 Å². The molecule has 0 aliphatic carbocycles. The first-order chi connectivity index (χ1) is 28.8. The van der Waals surface area contributed by atoms with Gasteiger partial charge in [-0.05, 0) is 108 Å². The normalized spacial score (nSPS) is 13.8. The molecule has 0 fully saturated rings. The van der Waals surface area contributed by atoms with Gasteiger partial charge in [-0.1, -0.05) is 198 Å². The van der Waals surface area contributed by atoms with Gasteiger partial charge in [0.15, 0.2) is 0 Å². The van der Waals surface area contributed by atoms with Crippen molar-refractivity contribution in [2.75, 3.05) is 9.80 Å². The summed E-state index contributed by atoms with van der Waals surface area (Å²) in [5.74, 6) is 0. The van der Waals surface area contributed by atoms with E-state index in [-0.39, 0.29) is 28.4 Å². The zero-order valence-electron chi connectivity index (χ0n) is 38.4. The minimum absolute atomic E-state index is 0.0233. The lowest BCUT2D eigenvalue weighted by atomic mass is 9.33. The molecule has 7 aromatic rings. The van der Waals surface area contributed by atoms with Crippen molar-refractivity contribution in [2.45, 2.75) is 105 Å². The van der Waals surface area contributed by atoms with Crippen molar-refractivity contribution in [1.82, 2.24) is 0 Å². The molecule has 0 bridgehead atoms. The predicted molar refractivity (Wildman–Crippen MR) is 266 cm³/mol. The minimum atomic E-state index is -0.0459. The summed E-state index contributed by atoms with van der Waals surface area (Å²) < 4.78 is 0. The Bertz CT molecular complexity index is 2700. The van der Waals surface area contributed by atoms with Crippen LogP contribution in [0.3, 0.4) is 0 Å². The third-order valence-electron chi connectivity index (χ3n) is 13.1. The van der Waals surface area contributed by atoms with E-state index in [1.54, 1.807) is 0 Å². The number of hydrogen-bond donors (Lipinski definition) is 0. The van der Waals surface area contributed by atoms with Gasteiger partial charge in [-0.3, -0.25) is 0 Å². The number of anilines is 6. The fourth-order valence-corrected chi connectivity index (χ4v) is 9.47. The van der Waals surface area contributed by atoms with Crippen LogP contribution in [0.1, 0.15) is 105 Å². The zero-order valence-corrected chi connectivity index (χ0v) is 38.4. The van der Waals surface area contributed by atoms with E-state index in [1.165, 1.54) is 95.0 Å². The average Bonchev–Trinajstić information content (AvgIpc) is 3.22. The Morgan fingerprint density at radius 3 is 1.20 bits per heavy atom. The quantitative estimate of drug-likeness (QED) is 0.164. The second-order valence-electron chi connectivity index (χ2n) is 21.6. The Hall–Kier alpha value is -5.80. The van der Waals surface area contributed by atoms with E-state index in [9.17, 15) is 0 Å². The maximum absolute atomic E-state index is 2.63. The second-order valence-corrected chi connectivity index (χ2v) is 21.6. The molecule has 2 nitrogen and oxygen atoms in total. The molecule has 306 valence electrons. The number of rotatable bonds is 4. The van der Waals surface area contributed by atoms with Crippen molar-refractivity contribution in [2.24, 2.45) is 0 Å². The van der Waals surface area contributed by atoms with Gasteiger partial charge in [-0.2, -0.15) is 0 Å². The molecule has 0 radical (unpaired) electrons. The molecule has 61 heavy (non-hydrogen) atoms. The number of hydrogen-bond acceptors (Lipinski definition) is 2. The highest BCUT2D eigenvalue weighted by Crippen LogP contribution is 2.51. The minimum Gasteiger partial charge on any atom is -0.311 e. The van der Waals surface area contributed by atoms with Crippen LogP contribution >= 0.6 is 0 Å². The van der Waals surface area contributed by atoms with E-state index < -0.39 is 0 Å².